The molecule has 1 fully saturated rings. The van der Waals surface area contributed by atoms with Gasteiger partial charge in [0.25, 0.3) is 0 Å². The molecule has 1 aliphatic rings. The molecular formula is C17H30N2O4. The highest BCUT2D eigenvalue weighted by atomic mass is 16.4. The predicted molar refractivity (Wildman–Crippen MR) is 87.9 cm³/mol. The van der Waals surface area contributed by atoms with Gasteiger partial charge in [-0.05, 0) is 25.2 Å². The van der Waals surface area contributed by atoms with Gasteiger partial charge in [-0.3, -0.25) is 14.4 Å². The summed E-state index contributed by atoms with van der Waals surface area (Å²) < 4.78 is 0. The first kappa shape index (κ1) is 19.5. The average molecular weight is 326 g/mol. The van der Waals surface area contributed by atoms with E-state index < -0.39 is 11.9 Å². The third-order valence-electron chi connectivity index (χ3n) is 4.40. The van der Waals surface area contributed by atoms with Crippen molar-refractivity contribution in [3.8, 4) is 0 Å². The highest BCUT2D eigenvalue weighted by molar-refractivity contribution is 5.80. The van der Waals surface area contributed by atoms with Gasteiger partial charge in [-0.15, -0.1) is 0 Å². The van der Waals surface area contributed by atoms with Crippen molar-refractivity contribution in [1.29, 1.82) is 0 Å². The van der Waals surface area contributed by atoms with Gasteiger partial charge in [-0.25, -0.2) is 0 Å². The number of carbonyl (C=O) groups excluding carboxylic acids is 2. The largest absolute Gasteiger partial charge is 0.481 e. The molecule has 1 N–H and O–H groups in total. The fraction of sp³-hybridized carbons (Fsp3) is 0.824. The molecule has 2 atom stereocenters. The lowest BCUT2D eigenvalue weighted by Crippen LogP contribution is -2.33. The van der Waals surface area contributed by atoms with E-state index in [2.05, 4.69) is 0 Å². The molecule has 23 heavy (non-hydrogen) atoms. The molecule has 1 aliphatic heterocycles. The summed E-state index contributed by atoms with van der Waals surface area (Å²) in [5.41, 5.74) is 0. The quantitative estimate of drug-likeness (QED) is 0.703. The van der Waals surface area contributed by atoms with Gasteiger partial charge in [-0.1, -0.05) is 20.8 Å². The second-order valence-corrected chi connectivity index (χ2v) is 6.46. The molecule has 1 heterocycles. The molecule has 0 saturated carbocycles. The van der Waals surface area contributed by atoms with Gasteiger partial charge in [-0.2, -0.15) is 0 Å². The first-order chi connectivity index (χ1) is 10.9. The number of nitrogens with zero attached hydrogens (tertiary/aromatic N) is 2. The average Bonchev–Trinajstić information content (AvgIpc) is 2.89. The number of amides is 2. The van der Waals surface area contributed by atoms with Crippen LogP contribution in [0.3, 0.4) is 0 Å². The van der Waals surface area contributed by atoms with Crippen molar-refractivity contribution in [3.63, 3.8) is 0 Å². The monoisotopic (exact) mass is 326 g/mol. The number of carbonyl (C=O) groups is 3. The normalized spacial score (nSPS) is 20.6. The number of hydrogen-bond acceptors (Lipinski definition) is 3. The molecule has 0 aliphatic carbocycles. The second kappa shape index (κ2) is 9.53. The Labute approximate surface area is 138 Å². The van der Waals surface area contributed by atoms with E-state index in [9.17, 15) is 14.4 Å². The Bertz CT molecular complexity index is 419. The highest BCUT2D eigenvalue weighted by Crippen LogP contribution is 2.24. The smallest absolute Gasteiger partial charge is 0.308 e. The molecule has 0 aromatic rings. The molecule has 0 radical (unpaired) electrons. The van der Waals surface area contributed by atoms with E-state index in [-0.39, 0.29) is 17.7 Å². The van der Waals surface area contributed by atoms with Crippen molar-refractivity contribution in [2.24, 2.45) is 11.8 Å². The van der Waals surface area contributed by atoms with E-state index in [0.29, 0.717) is 32.4 Å². The second-order valence-electron chi connectivity index (χ2n) is 6.46. The standard InChI is InChI=1S/C17H30N2O4/c1-4-9-18(10-5-2)15(20)7-6-8-16(21)19-11-13(3)14(12-19)17(22)23/h13-14H,4-12H2,1-3H3,(H,22,23)/t13-,14-/m1/s1. The molecule has 2 amide bonds. The van der Waals surface area contributed by atoms with Crippen molar-refractivity contribution in [1.82, 2.24) is 9.80 Å². The van der Waals surface area contributed by atoms with Crippen LogP contribution in [0.15, 0.2) is 0 Å². The molecule has 0 bridgehead atoms. The predicted octanol–water partition coefficient (Wildman–Crippen LogP) is 1.98. The Morgan fingerprint density at radius 2 is 1.70 bits per heavy atom. The van der Waals surface area contributed by atoms with Gasteiger partial charge in [0.05, 0.1) is 5.92 Å². The van der Waals surface area contributed by atoms with Gasteiger partial charge >= 0.3 is 5.97 Å². The first-order valence-electron chi connectivity index (χ1n) is 8.69. The van der Waals surface area contributed by atoms with Gasteiger partial charge in [0.1, 0.15) is 0 Å². The van der Waals surface area contributed by atoms with Crippen LogP contribution in [0.25, 0.3) is 0 Å². The topological polar surface area (TPSA) is 77.9 Å². The Kier molecular flexibility index (Phi) is 8.06. The number of hydrogen-bond donors (Lipinski definition) is 1. The zero-order chi connectivity index (χ0) is 17.4. The summed E-state index contributed by atoms with van der Waals surface area (Å²) in [5, 5.41) is 9.11. The molecule has 1 saturated heterocycles. The minimum atomic E-state index is -0.835. The third kappa shape index (κ3) is 5.84. The van der Waals surface area contributed by atoms with Crippen LogP contribution in [-0.2, 0) is 14.4 Å². The highest BCUT2D eigenvalue weighted by Gasteiger charge is 2.36. The number of carboxylic acids is 1. The van der Waals surface area contributed by atoms with Crippen LogP contribution in [0.5, 0.6) is 0 Å². The van der Waals surface area contributed by atoms with Crippen LogP contribution in [0.1, 0.15) is 52.9 Å². The lowest BCUT2D eigenvalue weighted by atomic mass is 9.99. The Morgan fingerprint density at radius 1 is 1.09 bits per heavy atom. The van der Waals surface area contributed by atoms with Gasteiger partial charge < -0.3 is 14.9 Å². The summed E-state index contributed by atoms with van der Waals surface area (Å²) in [7, 11) is 0. The number of carboxylic acid groups (broad SMARTS) is 1. The summed E-state index contributed by atoms with van der Waals surface area (Å²) in [6.07, 6.45) is 3.11. The fourth-order valence-electron chi connectivity index (χ4n) is 3.10. The van der Waals surface area contributed by atoms with Gasteiger partial charge in [0.15, 0.2) is 0 Å². The van der Waals surface area contributed by atoms with E-state index >= 15 is 0 Å². The van der Waals surface area contributed by atoms with Crippen LogP contribution in [0, 0.1) is 11.8 Å². The first-order valence-corrected chi connectivity index (χ1v) is 8.69. The zero-order valence-corrected chi connectivity index (χ0v) is 14.6. The van der Waals surface area contributed by atoms with Gasteiger partial charge in [0, 0.05) is 39.0 Å². The van der Waals surface area contributed by atoms with E-state index in [1.807, 2.05) is 25.7 Å². The number of likely N-dealkylation sites (tertiary alicyclic amines) is 1. The lowest BCUT2D eigenvalue weighted by molar-refractivity contribution is -0.142. The third-order valence-corrected chi connectivity index (χ3v) is 4.40. The molecule has 1 rings (SSSR count). The van der Waals surface area contributed by atoms with E-state index in [1.54, 1.807) is 4.90 Å². The van der Waals surface area contributed by atoms with E-state index in [1.165, 1.54) is 0 Å². The summed E-state index contributed by atoms with van der Waals surface area (Å²) in [4.78, 5) is 38.9. The summed E-state index contributed by atoms with van der Waals surface area (Å²) in [6.45, 7) is 8.29. The molecule has 6 nitrogen and oxygen atoms in total. The Balaban J connectivity index is 2.36. The van der Waals surface area contributed by atoms with Crippen molar-refractivity contribution in [2.75, 3.05) is 26.2 Å². The molecule has 0 aromatic heterocycles. The molecule has 0 spiro atoms. The maximum atomic E-state index is 12.2. The van der Waals surface area contributed by atoms with E-state index in [0.717, 1.165) is 25.9 Å². The van der Waals surface area contributed by atoms with Crippen molar-refractivity contribution < 1.29 is 19.5 Å². The minimum Gasteiger partial charge on any atom is -0.481 e. The van der Waals surface area contributed by atoms with Crippen LogP contribution < -0.4 is 0 Å². The van der Waals surface area contributed by atoms with Crippen molar-refractivity contribution in [2.45, 2.75) is 52.9 Å². The van der Waals surface area contributed by atoms with Crippen LogP contribution in [0.4, 0.5) is 0 Å². The Hall–Kier alpha value is -1.59. The fourth-order valence-corrected chi connectivity index (χ4v) is 3.10. The summed E-state index contributed by atoms with van der Waals surface area (Å²) in [5.74, 6) is -1.24. The minimum absolute atomic E-state index is 0.0114. The van der Waals surface area contributed by atoms with E-state index in [4.69, 9.17) is 5.11 Å². The zero-order valence-electron chi connectivity index (χ0n) is 14.6. The summed E-state index contributed by atoms with van der Waals surface area (Å²) in [6, 6.07) is 0. The van der Waals surface area contributed by atoms with Crippen LogP contribution >= 0.6 is 0 Å². The molecule has 0 unspecified atom stereocenters. The SMILES string of the molecule is CCCN(CCC)C(=O)CCCC(=O)N1C[C@@H](C)[C@H](C(=O)O)C1. The van der Waals surface area contributed by atoms with Crippen molar-refractivity contribution in [3.05, 3.63) is 0 Å². The molecule has 0 aromatic carbocycles. The lowest BCUT2D eigenvalue weighted by Gasteiger charge is -2.21. The van der Waals surface area contributed by atoms with Crippen LogP contribution in [0.2, 0.25) is 0 Å². The van der Waals surface area contributed by atoms with Gasteiger partial charge in [0.2, 0.25) is 11.8 Å². The maximum absolute atomic E-state index is 12.2. The molecular weight excluding hydrogens is 296 g/mol. The van der Waals surface area contributed by atoms with Crippen molar-refractivity contribution >= 4 is 17.8 Å². The number of rotatable bonds is 9. The number of aliphatic carboxylic acids is 1. The Morgan fingerprint density at radius 3 is 2.17 bits per heavy atom. The maximum Gasteiger partial charge on any atom is 0.308 e. The molecule has 132 valence electrons. The summed E-state index contributed by atoms with van der Waals surface area (Å²) >= 11 is 0. The van der Waals surface area contributed by atoms with Crippen LogP contribution in [-0.4, -0.2) is 58.9 Å². The molecule has 6 heteroatoms.